The Labute approximate surface area is 121 Å². The van der Waals surface area contributed by atoms with Gasteiger partial charge in [-0.1, -0.05) is 16.1 Å². The van der Waals surface area contributed by atoms with E-state index in [4.69, 9.17) is 16.3 Å². The highest BCUT2D eigenvalue weighted by molar-refractivity contribution is 7.10. The van der Waals surface area contributed by atoms with Gasteiger partial charge in [-0.15, -0.1) is 5.10 Å². The zero-order chi connectivity index (χ0) is 13.2. The van der Waals surface area contributed by atoms with Crippen LogP contribution in [0.4, 0.5) is 5.69 Å². The Hall–Kier alpha value is -1.33. The quantitative estimate of drug-likeness (QED) is 0.872. The SMILES string of the molecule is COc1ccc2c(c1)CCCN2Cc1nnsc1Cl. The smallest absolute Gasteiger partial charge is 0.139 e. The third kappa shape index (κ3) is 2.53. The van der Waals surface area contributed by atoms with Crippen molar-refractivity contribution in [3.63, 3.8) is 0 Å². The lowest BCUT2D eigenvalue weighted by Gasteiger charge is -2.31. The van der Waals surface area contributed by atoms with E-state index in [9.17, 15) is 0 Å². The van der Waals surface area contributed by atoms with Gasteiger partial charge in [-0.2, -0.15) is 0 Å². The van der Waals surface area contributed by atoms with Crippen molar-refractivity contribution in [3.8, 4) is 5.75 Å². The Balaban J connectivity index is 1.88. The highest BCUT2D eigenvalue weighted by Gasteiger charge is 2.19. The van der Waals surface area contributed by atoms with Gasteiger partial charge in [0.25, 0.3) is 0 Å². The number of benzene rings is 1. The van der Waals surface area contributed by atoms with Crippen LogP contribution < -0.4 is 9.64 Å². The minimum atomic E-state index is 0.681. The van der Waals surface area contributed by atoms with Crippen molar-refractivity contribution >= 4 is 28.8 Å². The first-order valence-corrected chi connectivity index (χ1v) is 7.31. The van der Waals surface area contributed by atoms with Crippen LogP contribution in [0.2, 0.25) is 4.34 Å². The number of halogens is 1. The van der Waals surface area contributed by atoms with E-state index in [1.807, 2.05) is 6.07 Å². The zero-order valence-electron chi connectivity index (χ0n) is 10.6. The van der Waals surface area contributed by atoms with Crippen molar-refractivity contribution in [1.82, 2.24) is 9.59 Å². The molecule has 0 N–H and O–H groups in total. The third-order valence-electron chi connectivity index (χ3n) is 3.35. The predicted molar refractivity (Wildman–Crippen MR) is 77.3 cm³/mol. The van der Waals surface area contributed by atoms with E-state index in [-0.39, 0.29) is 0 Å². The second kappa shape index (κ2) is 5.35. The predicted octanol–water partition coefficient (Wildman–Crippen LogP) is 3.15. The maximum atomic E-state index is 6.08. The molecular formula is C13H14ClN3OS. The summed E-state index contributed by atoms with van der Waals surface area (Å²) < 4.78 is 9.84. The van der Waals surface area contributed by atoms with Crippen LogP contribution in [-0.2, 0) is 13.0 Å². The molecule has 0 atom stereocenters. The van der Waals surface area contributed by atoms with Crippen LogP contribution in [-0.4, -0.2) is 23.2 Å². The van der Waals surface area contributed by atoms with Gasteiger partial charge in [0.05, 0.1) is 13.7 Å². The van der Waals surface area contributed by atoms with Gasteiger partial charge >= 0.3 is 0 Å². The van der Waals surface area contributed by atoms with Crippen LogP contribution >= 0.6 is 23.1 Å². The number of ether oxygens (including phenoxy) is 1. The van der Waals surface area contributed by atoms with Crippen LogP contribution in [0.3, 0.4) is 0 Å². The van der Waals surface area contributed by atoms with Gasteiger partial charge in [-0.05, 0) is 36.6 Å². The van der Waals surface area contributed by atoms with Crippen molar-refractivity contribution in [2.24, 2.45) is 0 Å². The fraction of sp³-hybridized carbons (Fsp3) is 0.385. The molecule has 0 bridgehead atoms. The molecule has 4 nitrogen and oxygen atoms in total. The van der Waals surface area contributed by atoms with Crippen molar-refractivity contribution in [3.05, 3.63) is 33.8 Å². The molecule has 1 aliphatic heterocycles. The van der Waals surface area contributed by atoms with E-state index in [2.05, 4.69) is 26.6 Å². The van der Waals surface area contributed by atoms with Crippen molar-refractivity contribution in [2.45, 2.75) is 19.4 Å². The first-order valence-electron chi connectivity index (χ1n) is 6.16. The molecule has 1 aromatic heterocycles. The largest absolute Gasteiger partial charge is 0.497 e. The second-order valence-electron chi connectivity index (χ2n) is 4.51. The summed E-state index contributed by atoms with van der Waals surface area (Å²) in [6, 6.07) is 6.22. The number of hydrogen-bond acceptors (Lipinski definition) is 5. The summed E-state index contributed by atoms with van der Waals surface area (Å²) in [7, 11) is 1.70. The standard InChI is InChI=1S/C13H14ClN3OS/c1-18-10-4-5-12-9(7-10)3-2-6-17(12)8-11-13(14)19-16-15-11/h4-5,7H,2-3,6,8H2,1H3. The van der Waals surface area contributed by atoms with Crippen LogP contribution in [0.25, 0.3) is 0 Å². The molecule has 0 aliphatic carbocycles. The van der Waals surface area contributed by atoms with Gasteiger partial charge in [-0.25, -0.2) is 0 Å². The number of rotatable bonds is 3. The number of anilines is 1. The highest BCUT2D eigenvalue weighted by Crippen LogP contribution is 2.32. The van der Waals surface area contributed by atoms with E-state index in [0.29, 0.717) is 10.9 Å². The summed E-state index contributed by atoms with van der Waals surface area (Å²) in [5.74, 6) is 0.911. The van der Waals surface area contributed by atoms with Gasteiger partial charge in [0.2, 0.25) is 0 Å². The molecule has 0 saturated heterocycles. The molecule has 0 saturated carbocycles. The van der Waals surface area contributed by atoms with Gasteiger partial charge < -0.3 is 9.64 Å². The molecule has 2 aromatic rings. The molecule has 1 aliphatic rings. The van der Waals surface area contributed by atoms with E-state index in [0.717, 1.165) is 30.8 Å². The lowest BCUT2D eigenvalue weighted by molar-refractivity contribution is 0.414. The number of fused-ring (bicyclic) bond motifs is 1. The van der Waals surface area contributed by atoms with Gasteiger partial charge in [-0.3, -0.25) is 0 Å². The molecule has 19 heavy (non-hydrogen) atoms. The zero-order valence-corrected chi connectivity index (χ0v) is 12.2. The molecule has 0 unspecified atom stereocenters. The Morgan fingerprint density at radius 3 is 3.11 bits per heavy atom. The Kier molecular flexibility index (Phi) is 3.57. The number of aromatic nitrogens is 2. The van der Waals surface area contributed by atoms with Crippen LogP contribution in [0.1, 0.15) is 17.7 Å². The number of methoxy groups -OCH3 is 1. The van der Waals surface area contributed by atoms with Gasteiger partial charge in [0.15, 0.2) is 0 Å². The average Bonchev–Trinajstić information content (AvgIpc) is 2.84. The molecule has 1 aromatic carbocycles. The Morgan fingerprint density at radius 1 is 1.47 bits per heavy atom. The summed E-state index contributed by atoms with van der Waals surface area (Å²) >= 11 is 7.32. The lowest BCUT2D eigenvalue weighted by Crippen LogP contribution is -2.29. The topological polar surface area (TPSA) is 38.2 Å². The molecule has 100 valence electrons. The van der Waals surface area contributed by atoms with Gasteiger partial charge in [0.1, 0.15) is 15.8 Å². The summed E-state index contributed by atoms with van der Waals surface area (Å²) in [6.45, 7) is 1.74. The summed E-state index contributed by atoms with van der Waals surface area (Å²) in [5.41, 5.74) is 3.43. The van der Waals surface area contributed by atoms with Crippen molar-refractivity contribution in [1.29, 1.82) is 0 Å². The molecule has 2 heterocycles. The molecule has 3 rings (SSSR count). The van der Waals surface area contributed by atoms with Crippen molar-refractivity contribution < 1.29 is 4.74 Å². The van der Waals surface area contributed by atoms with Crippen LogP contribution in [0.15, 0.2) is 18.2 Å². The molecule has 0 radical (unpaired) electrons. The van der Waals surface area contributed by atoms with E-state index in [1.54, 1.807) is 7.11 Å². The van der Waals surface area contributed by atoms with E-state index in [1.165, 1.54) is 22.8 Å². The molecule has 6 heteroatoms. The van der Waals surface area contributed by atoms with Crippen LogP contribution in [0.5, 0.6) is 5.75 Å². The lowest BCUT2D eigenvalue weighted by atomic mass is 10.0. The van der Waals surface area contributed by atoms with Crippen LogP contribution in [0, 0.1) is 0 Å². The summed E-state index contributed by atoms with van der Waals surface area (Å²) in [6.07, 6.45) is 2.22. The Morgan fingerprint density at radius 2 is 2.37 bits per heavy atom. The number of hydrogen-bond donors (Lipinski definition) is 0. The Bertz CT molecular complexity index is 587. The monoisotopic (exact) mass is 295 g/mol. The molecule has 0 fully saturated rings. The molecular weight excluding hydrogens is 282 g/mol. The van der Waals surface area contributed by atoms with E-state index < -0.39 is 0 Å². The fourth-order valence-corrected chi connectivity index (χ4v) is 3.03. The maximum Gasteiger partial charge on any atom is 0.139 e. The molecule has 0 amide bonds. The first kappa shape index (κ1) is 12.7. The van der Waals surface area contributed by atoms with Gasteiger partial charge in [0, 0.05) is 23.8 Å². The summed E-state index contributed by atoms with van der Waals surface area (Å²) in [4.78, 5) is 2.31. The normalized spacial score (nSPS) is 14.3. The van der Waals surface area contributed by atoms with E-state index >= 15 is 0 Å². The third-order valence-corrected chi connectivity index (χ3v) is 4.34. The minimum Gasteiger partial charge on any atom is -0.497 e. The number of aryl methyl sites for hydroxylation is 1. The first-order chi connectivity index (χ1) is 9.28. The minimum absolute atomic E-state index is 0.681. The maximum absolute atomic E-state index is 6.08. The fourth-order valence-electron chi connectivity index (χ4n) is 2.41. The number of nitrogens with zero attached hydrogens (tertiary/aromatic N) is 3. The highest BCUT2D eigenvalue weighted by atomic mass is 35.5. The average molecular weight is 296 g/mol. The second-order valence-corrected chi connectivity index (χ2v) is 5.87. The van der Waals surface area contributed by atoms with Crippen molar-refractivity contribution in [2.75, 3.05) is 18.6 Å². The molecule has 0 spiro atoms. The summed E-state index contributed by atoms with van der Waals surface area (Å²) in [5, 5.41) is 4.09.